The number of anilines is 1. The lowest BCUT2D eigenvalue weighted by Crippen LogP contribution is -2.20. The molecule has 3 rings (SSSR count). The number of benzene rings is 2. The number of hydrogen-bond acceptors (Lipinski definition) is 6. The van der Waals surface area contributed by atoms with E-state index in [1.165, 1.54) is 24.4 Å². The molecule has 0 unspecified atom stereocenters. The second-order valence-electron chi connectivity index (χ2n) is 5.70. The largest absolute Gasteiger partial charge is 0.493 e. The van der Waals surface area contributed by atoms with Crippen molar-refractivity contribution in [2.45, 2.75) is 6.92 Å². The van der Waals surface area contributed by atoms with E-state index in [4.69, 9.17) is 9.47 Å². The van der Waals surface area contributed by atoms with Crippen LogP contribution in [0.5, 0.6) is 11.5 Å². The van der Waals surface area contributed by atoms with E-state index in [1.54, 1.807) is 18.3 Å². The molecule has 138 valence electrons. The van der Waals surface area contributed by atoms with Gasteiger partial charge in [-0.3, -0.25) is 4.79 Å². The second-order valence-corrected chi connectivity index (χ2v) is 5.70. The fourth-order valence-corrected chi connectivity index (χ4v) is 2.25. The van der Waals surface area contributed by atoms with Gasteiger partial charge in [0.25, 0.3) is 5.91 Å². The van der Waals surface area contributed by atoms with Crippen LogP contribution in [0, 0.1) is 6.92 Å². The Morgan fingerprint density at radius 3 is 2.59 bits per heavy atom. The molecule has 0 radical (unpaired) electrons. The first kappa shape index (κ1) is 18.1. The summed E-state index contributed by atoms with van der Waals surface area (Å²) in [6.45, 7) is 1.86. The molecule has 27 heavy (non-hydrogen) atoms. The highest BCUT2D eigenvalue weighted by molar-refractivity contribution is 5.92. The first-order chi connectivity index (χ1) is 13.1. The third-order valence-corrected chi connectivity index (χ3v) is 3.63. The number of ether oxygens (including phenoxy) is 2. The number of aryl methyl sites for hydroxylation is 1. The quantitative estimate of drug-likeness (QED) is 0.650. The van der Waals surface area contributed by atoms with Gasteiger partial charge in [-0.15, -0.1) is 10.2 Å². The molecule has 8 nitrogen and oxygen atoms in total. The van der Waals surface area contributed by atoms with Crippen molar-refractivity contribution in [2.24, 2.45) is 5.10 Å². The van der Waals surface area contributed by atoms with Crippen LogP contribution in [0.15, 0.2) is 60.2 Å². The Labute approximate surface area is 156 Å². The summed E-state index contributed by atoms with van der Waals surface area (Å²) in [5.74, 6) is 0.725. The molecular formula is C19H19N5O3. The van der Waals surface area contributed by atoms with Crippen LogP contribution in [0.25, 0.3) is 0 Å². The van der Waals surface area contributed by atoms with Crippen molar-refractivity contribution < 1.29 is 14.3 Å². The summed E-state index contributed by atoms with van der Waals surface area (Å²) in [7, 11) is 1.54. The van der Waals surface area contributed by atoms with Gasteiger partial charge in [0, 0.05) is 5.69 Å². The van der Waals surface area contributed by atoms with Crippen LogP contribution in [-0.2, 0) is 4.79 Å². The molecule has 0 saturated heterocycles. The molecule has 1 heterocycles. The molecule has 8 heteroatoms. The van der Waals surface area contributed by atoms with E-state index in [9.17, 15) is 4.79 Å². The van der Waals surface area contributed by atoms with Gasteiger partial charge in [0.05, 0.1) is 13.3 Å². The van der Waals surface area contributed by atoms with Gasteiger partial charge >= 0.3 is 0 Å². The molecule has 2 aromatic carbocycles. The summed E-state index contributed by atoms with van der Waals surface area (Å²) < 4.78 is 12.4. The normalized spacial score (nSPS) is 10.7. The molecule has 0 atom stereocenters. The molecule has 0 aliphatic rings. The van der Waals surface area contributed by atoms with Crippen molar-refractivity contribution in [2.75, 3.05) is 19.0 Å². The van der Waals surface area contributed by atoms with Crippen molar-refractivity contribution in [1.82, 2.24) is 14.9 Å². The summed E-state index contributed by atoms with van der Waals surface area (Å²) >= 11 is 0. The van der Waals surface area contributed by atoms with Crippen LogP contribution in [0.1, 0.15) is 11.1 Å². The Morgan fingerprint density at radius 1 is 1.15 bits per heavy atom. The lowest BCUT2D eigenvalue weighted by Gasteiger charge is -2.11. The Bertz CT molecular complexity index is 921. The van der Waals surface area contributed by atoms with E-state index in [-0.39, 0.29) is 12.5 Å². The fraction of sp³-hybridized carbons (Fsp3) is 0.158. The molecule has 0 fully saturated rings. The number of amides is 1. The molecule has 1 amide bonds. The topological polar surface area (TPSA) is 90.6 Å². The zero-order valence-electron chi connectivity index (χ0n) is 15.0. The number of methoxy groups -OCH3 is 1. The highest BCUT2D eigenvalue weighted by atomic mass is 16.5. The summed E-state index contributed by atoms with van der Waals surface area (Å²) in [6, 6.07) is 12.9. The van der Waals surface area contributed by atoms with Crippen LogP contribution in [0.2, 0.25) is 0 Å². The first-order valence-corrected chi connectivity index (χ1v) is 8.20. The van der Waals surface area contributed by atoms with E-state index in [2.05, 4.69) is 20.6 Å². The van der Waals surface area contributed by atoms with E-state index in [1.807, 2.05) is 37.3 Å². The monoisotopic (exact) mass is 365 g/mol. The number of hydrogen-bond donors (Lipinski definition) is 1. The third-order valence-electron chi connectivity index (χ3n) is 3.63. The van der Waals surface area contributed by atoms with Crippen LogP contribution in [0.3, 0.4) is 0 Å². The molecule has 0 aliphatic heterocycles. The zero-order valence-corrected chi connectivity index (χ0v) is 15.0. The van der Waals surface area contributed by atoms with E-state index >= 15 is 0 Å². The van der Waals surface area contributed by atoms with E-state index in [0.29, 0.717) is 11.5 Å². The maximum atomic E-state index is 12.1. The Kier molecular flexibility index (Phi) is 5.78. The van der Waals surface area contributed by atoms with Gasteiger partial charge in [0.1, 0.15) is 12.7 Å². The highest BCUT2D eigenvalue weighted by Crippen LogP contribution is 2.27. The molecule has 0 spiro atoms. The summed E-state index contributed by atoms with van der Waals surface area (Å²) in [5, 5.41) is 14.3. The lowest BCUT2D eigenvalue weighted by atomic mass is 10.2. The first-order valence-electron chi connectivity index (χ1n) is 8.20. The Morgan fingerprint density at radius 2 is 1.89 bits per heavy atom. The average Bonchev–Trinajstić information content (AvgIpc) is 3.20. The van der Waals surface area contributed by atoms with Crippen LogP contribution in [-0.4, -0.2) is 40.7 Å². The van der Waals surface area contributed by atoms with Crippen molar-refractivity contribution in [3.05, 3.63) is 66.2 Å². The minimum atomic E-state index is -0.251. The second kappa shape index (κ2) is 8.61. The molecule has 0 bridgehead atoms. The number of aromatic nitrogens is 3. The summed E-state index contributed by atoms with van der Waals surface area (Å²) in [4.78, 5) is 12.1. The number of nitrogens with zero attached hydrogens (tertiary/aromatic N) is 4. The van der Waals surface area contributed by atoms with Crippen LogP contribution >= 0.6 is 0 Å². The molecule has 1 aromatic heterocycles. The molecule has 1 N–H and O–H groups in total. The number of rotatable bonds is 7. The van der Waals surface area contributed by atoms with Crippen molar-refractivity contribution >= 4 is 17.8 Å². The molecular weight excluding hydrogens is 346 g/mol. The maximum absolute atomic E-state index is 12.1. The number of nitrogens with one attached hydrogen (secondary N) is 1. The van der Waals surface area contributed by atoms with Crippen molar-refractivity contribution in [1.29, 1.82) is 0 Å². The van der Waals surface area contributed by atoms with Crippen LogP contribution in [0.4, 0.5) is 5.69 Å². The van der Waals surface area contributed by atoms with Gasteiger partial charge < -0.3 is 14.8 Å². The third kappa shape index (κ3) is 5.15. The number of carbonyl (C=O) groups is 1. The van der Waals surface area contributed by atoms with Crippen molar-refractivity contribution in [3.63, 3.8) is 0 Å². The standard InChI is InChI=1S/C19H19N5O3/c1-14-3-6-16(7-4-14)23-19(25)11-27-17-8-5-15(9-18(17)26-2)10-22-24-12-20-21-13-24/h3-10,12-13H,11H2,1-2H3,(H,23,25)/b22-10+. The minimum Gasteiger partial charge on any atom is -0.493 e. The molecule has 0 saturated carbocycles. The van der Waals surface area contributed by atoms with Crippen LogP contribution < -0.4 is 14.8 Å². The van der Waals surface area contributed by atoms with Gasteiger partial charge in [-0.05, 0) is 42.8 Å². The van der Waals surface area contributed by atoms with Gasteiger partial charge in [0.2, 0.25) is 0 Å². The van der Waals surface area contributed by atoms with E-state index < -0.39 is 0 Å². The molecule has 0 aliphatic carbocycles. The smallest absolute Gasteiger partial charge is 0.262 e. The van der Waals surface area contributed by atoms with Gasteiger partial charge in [-0.2, -0.15) is 5.10 Å². The van der Waals surface area contributed by atoms with Crippen molar-refractivity contribution in [3.8, 4) is 11.5 Å². The Balaban J connectivity index is 1.60. The lowest BCUT2D eigenvalue weighted by molar-refractivity contribution is -0.118. The van der Waals surface area contributed by atoms with Gasteiger partial charge in [-0.1, -0.05) is 17.7 Å². The summed E-state index contributed by atoms with van der Waals surface area (Å²) in [5.41, 5.74) is 2.65. The summed E-state index contributed by atoms with van der Waals surface area (Å²) in [6.07, 6.45) is 4.61. The highest BCUT2D eigenvalue weighted by Gasteiger charge is 2.09. The minimum absolute atomic E-state index is 0.127. The number of carbonyl (C=O) groups excluding carboxylic acids is 1. The van der Waals surface area contributed by atoms with E-state index in [0.717, 1.165) is 16.8 Å². The maximum Gasteiger partial charge on any atom is 0.262 e. The predicted octanol–water partition coefficient (Wildman–Crippen LogP) is 2.49. The zero-order chi connectivity index (χ0) is 19.1. The fourth-order valence-electron chi connectivity index (χ4n) is 2.25. The molecule has 3 aromatic rings. The van der Waals surface area contributed by atoms with Gasteiger partial charge in [0.15, 0.2) is 18.1 Å². The average molecular weight is 365 g/mol. The Hall–Kier alpha value is -3.68. The predicted molar refractivity (Wildman–Crippen MR) is 101 cm³/mol. The SMILES string of the molecule is COc1cc(/C=N/n2cnnc2)ccc1OCC(=O)Nc1ccc(C)cc1. The van der Waals surface area contributed by atoms with Gasteiger partial charge in [-0.25, -0.2) is 4.68 Å².